The zero-order valence-corrected chi connectivity index (χ0v) is 17.9. The Labute approximate surface area is 172 Å². The highest BCUT2D eigenvalue weighted by Crippen LogP contribution is 2.68. The van der Waals surface area contributed by atoms with Crippen LogP contribution in [0.1, 0.15) is 41.0 Å². The monoisotopic (exact) mass is 398 g/mol. The molecule has 2 fully saturated rings. The predicted octanol–water partition coefficient (Wildman–Crippen LogP) is 3.41. The number of carbonyl (C=O) groups excluding carboxylic acids is 3. The Morgan fingerprint density at radius 2 is 1.79 bits per heavy atom. The molecular formula is C23H30N2O4. The van der Waals surface area contributed by atoms with Gasteiger partial charge in [-0.25, -0.2) is 4.90 Å². The SMILES string of the molecule is C=CCN(C(=O)C1C(C)(C)C1(C)C)C1CC(=O)N(c2ccc(OCC)cc2)C1=O. The Bertz CT molecular complexity index is 827. The van der Waals surface area contributed by atoms with Crippen LogP contribution in [0.4, 0.5) is 5.69 Å². The Morgan fingerprint density at radius 3 is 2.28 bits per heavy atom. The molecular weight excluding hydrogens is 368 g/mol. The zero-order valence-electron chi connectivity index (χ0n) is 17.9. The molecule has 1 aliphatic heterocycles. The minimum absolute atomic E-state index is 0.0147. The van der Waals surface area contributed by atoms with Crippen molar-refractivity contribution in [3.63, 3.8) is 0 Å². The lowest BCUT2D eigenvalue weighted by Crippen LogP contribution is -2.47. The molecule has 0 aromatic heterocycles. The van der Waals surface area contributed by atoms with E-state index in [2.05, 4.69) is 34.3 Å². The molecule has 1 aromatic rings. The van der Waals surface area contributed by atoms with E-state index in [1.54, 1.807) is 30.3 Å². The van der Waals surface area contributed by atoms with Crippen molar-refractivity contribution < 1.29 is 19.1 Å². The van der Waals surface area contributed by atoms with Gasteiger partial charge in [-0.1, -0.05) is 33.8 Å². The summed E-state index contributed by atoms with van der Waals surface area (Å²) in [5.74, 6) is -0.267. The molecule has 1 saturated heterocycles. The van der Waals surface area contributed by atoms with Crippen LogP contribution in [0.3, 0.4) is 0 Å². The van der Waals surface area contributed by atoms with Crippen molar-refractivity contribution in [3.05, 3.63) is 36.9 Å². The van der Waals surface area contributed by atoms with Crippen LogP contribution in [0.2, 0.25) is 0 Å². The quantitative estimate of drug-likeness (QED) is 0.521. The standard InChI is InChI=1S/C23H30N2O4/c1-7-13-24(21(28)19-22(3,4)23(19,5)6)17-14-18(26)25(20(17)27)15-9-11-16(12-10-15)29-8-2/h7,9-12,17,19H,1,8,13-14H2,2-6H3. The first-order valence-corrected chi connectivity index (χ1v) is 10.1. The summed E-state index contributed by atoms with van der Waals surface area (Å²) in [6, 6.07) is 6.04. The molecule has 0 radical (unpaired) electrons. The number of anilines is 1. The third-order valence-electron chi connectivity index (χ3n) is 6.78. The third-order valence-corrected chi connectivity index (χ3v) is 6.78. The number of amides is 3. The van der Waals surface area contributed by atoms with Gasteiger partial charge in [-0.15, -0.1) is 6.58 Å². The lowest BCUT2D eigenvalue weighted by Gasteiger charge is -2.27. The lowest BCUT2D eigenvalue weighted by atomic mass is 10.0. The van der Waals surface area contributed by atoms with E-state index in [0.717, 1.165) is 0 Å². The van der Waals surface area contributed by atoms with E-state index in [1.165, 1.54) is 9.80 Å². The van der Waals surface area contributed by atoms with E-state index in [9.17, 15) is 14.4 Å². The summed E-state index contributed by atoms with van der Waals surface area (Å²) in [7, 11) is 0. The molecule has 1 heterocycles. The molecule has 156 valence electrons. The van der Waals surface area contributed by atoms with Crippen molar-refractivity contribution in [1.82, 2.24) is 4.90 Å². The number of imide groups is 1. The predicted molar refractivity (Wildman–Crippen MR) is 111 cm³/mol. The number of ether oxygens (including phenoxy) is 1. The number of hydrogen-bond acceptors (Lipinski definition) is 4. The van der Waals surface area contributed by atoms with Gasteiger partial charge in [0.15, 0.2) is 0 Å². The summed E-state index contributed by atoms with van der Waals surface area (Å²) in [5.41, 5.74) is 0.192. The molecule has 0 bridgehead atoms. The molecule has 6 nitrogen and oxygen atoms in total. The van der Waals surface area contributed by atoms with Crippen LogP contribution >= 0.6 is 0 Å². The summed E-state index contributed by atoms with van der Waals surface area (Å²) in [6.07, 6.45) is 1.59. The summed E-state index contributed by atoms with van der Waals surface area (Å²) in [6.45, 7) is 14.7. The average molecular weight is 399 g/mol. The first kappa shape index (κ1) is 21.1. The molecule has 6 heteroatoms. The average Bonchev–Trinajstić information content (AvgIpc) is 2.89. The fraction of sp³-hybridized carbons (Fsp3) is 0.522. The van der Waals surface area contributed by atoms with Gasteiger partial charge in [-0.3, -0.25) is 14.4 Å². The van der Waals surface area contributed by atoms with Crippen LogP contribution in [-0.2, 0) is 14.4 Å². The van der Waals surface area contributed by atoms with Crippen molar-refractivity contribution in [3.8, 4) is 5.75 Å². The number of rotatable bonds is 7. The van der Waals surface area contributed by atoms with Crippen LogP contribution in [0.25, 0.3) is 0 Å². The molecule has 1 aliphatic carbocycles. The third kappa shape index (κ3) is 3.34. The van der Waals surface area contributed by atoms with Crippen molar-refractivity contribution in [2.45, 2.75) is 47.1 Å². The van der Waals surface area contributed by atoms with Crippen LogP contribution in [-0.4, -0.2) is 41.8 Å². The van der Waals surface area contributed by atoms with Crippen LogP contribution in [0.15, 0.2) is 36.9 Å². The van der Waals surface area contributed by atoms with Crippen LogP contribution < -0.4 is 9.64 Å². The van der Waals surface area contributed by atoms with Gasteiger partial charge in [0, 0.05) is 12.5 Å². The minimum atomic E-state index is -0.799. The fourth-order valence-electron chi connectivity index (χ4n) is 4.48. The molecule has 1 atom stereocenters. The van der Waals surface area contributed by atoms with Crippen molar-refractivity contribution in [2.75, 3.05) is 18.1 Å². The smallest absolute Gasteiger partial charge is 0.257 e. The minimum Gasteiger partial charge on any atom is -0.494 e. The van der Waals surface area contributed by atoms with Gasteiger partial charge in [0.2, 0.25) is 11.8 Å². The molecule has 29 heavy (non-hydrogen) atoms. The van der Waals surface area contributed by atoms with E-state index in [0.29, 0.717) is 18.0 Å². The Hall–Kier alpha value is -2.63. The van der Waals surface area contributed by atoms with Crippen molar-refractivity contribution in [1.29, 1.82) is 0 Å². The van der Waals surface area contributed by atoms with Gasteiger partial charge in [0.1, 0.15) is 11.8 Å². The maximum atomic E-state index is 13.3. The second kappa shape index (κ2) is 7.32. The molecule has 1 unspecified atom stereocenters. The van der Waals surface area contributed by atoms with Gasteiger partial charge < -0.3 is 9.64 Å². The Kier molecular flexibility index (Phi) is 5.32. The number of nitrogens with zero attached hydrogens (tertiary/aromatic N) is 2. The zero-order chi connectivity index (χ0) is 21.6. The number of benzene rings is 1. The second-order valence-corrected chi connectivity index (χ2v) is 8.87. The first-order chi connectivity index (χ1) is 13.6. The van der Waals surface area contributed by atoms with Crippen molar-refractivity contribution >= 4 is 23.4 Å². The summed E-state index contributed by atoms with van der Waals surface area (Å²) < 4.78 is 5.42. The number of hydrogen-bond donors (Lipinski definition) is 0. The normalized spacial score (nSPS) is 22.5. The van der Waals surface area contributed by atoms with E-state index >= 15 is 0 Å². The molecule has 1 saturated carbocycles. The van der Waals surface area contributed by atoms with E-state index < -0.39 is 6.04 Å². The molecule has 3 rings (SSSR count). The van der Waals surface area contributed by atoms with Gasteiger partial charge in [-0.2, -0.15) is 0 Å². The van der Waals surface area contributed by atoms with E-state index in [1.807, 2.05) is 6.92 Å². The summed E-state index contributed by atoms with van der Waals surface area (Å²) in [5, 5.41) is 0. The molecule has 1 aromatic carbocycles. The highest BCUT2D eigenvalue weighted by atomic mass is 16.5. The van der Waals surface area contributed by atoms with Gasteiger partial charge in [0.25, 0.3) is 5.91 Å². The van der Waals surface area contributed by atoms with Gasteiger partial charge in [0.05, 0.1) is 18.7 Å². The van der Waals surface area contributed by atoms with Crippen molar-refractivity contribution in [2.24, 2.45) is 16.7 Å². The van der Waals surface area contributed by atoms with Gasteiger partial charge >= 0.3 is 0 Å². The molecule has 0 spiro atoms. The highest BCUT2D eigenvalue weighted by Gasteiger charge is 2.69. The largest absolute Gasteiger partial charge is 0.494 e. The van der Waals surface area contributed by atoms with Crippen LogP contribution in [0, 0.1) is 16.7 Å². The topological polar surface area (TPSA) is 66.9 Å². The second-order valence-electron chi connectivity index (χ2n) is 8.87. The lowest BCUT2D eigenvalue weighted by molar-refractivity contribution is -0.139. The highest BCUT2D eigenvalue weighted by molar-refractivity contribution is 6.23. The molecule has 3 amide bonds. The first-order valence-electron chi connectivity index (χ1n) is 10.1. The summed E-state index contributed by atoms with van der Waals surface area (Å²) in [4.78, 5) is 41.9. The molecule has 0 N–H and O–H groups in total. The summed E-state index contributed by atoms with van der Waals surface area (Å²) >= 11 is 0. The fourth-order valence-corrected chi connectivity index (χ4v) is 4.48. The van der Waals surface area contributed by atoms with Gasteiger partial charge in [-0.05, 0) is 42.0 Å². The molecule has 2 aliphatic rings. The number of carbonyl (C=O) groups is 3. The van der Waals surface area contributed by atoms with E-state index in [4.69, 9.17) is 4.74 Å². The Morgan fingerprint density at radius 1 is 1.21 bits per heavy atom. The van der Waals surface area contributed by atoms with E-state index in [-0.39, 0.29) is 47.4 Å². The Balaban J connectivity index is 1.84. The maximum absolute atomic E-state index is 13.3. The van der Waals surface area contributed by atoms with Crippen LogP contribution in [0.5, 0.6) is 5.75 Å². The maximum Gasteiger partial charge on any atom is 0.257 e.